The van der Waals surface area contributed by atoms with Gasteiger partial charge in [0.1, 0.15) is 0 Å². The Morgan fingerprint density at radius 1 is 1.47 bits per heavy atom. The number of nitrogens with zero attached hydrogens (tertiary/aromatic N) is 2. The molecule has 0 saturated carbocycles. The molecule has 17 heavy (non-hydrogen) atoms. The van der Waals surface area contributed by atoms with E-state index in [0.717, 1.165) is 24.7 Å². The second kappa shape index (κ2) is 5.54. The van der Waals surface area contributed by atoms with E-state index in [4.69, 9.17) is 4.74 Å². The molecule has 1 aromatic rings. The van der Waals surface area contributed by atoms with Gasteiger partial charge in [-0.05, 0) is 26.7 Å². The van der Waals surface area contributed by atoms with Crippen molar-refractivity contribution in [3.05, 3.63) is 11.9 Å². The van der Waals surface area contributed by atoms with Crippen molar-refractivity contribution in [3.63, 3.8) is 0 Å². The van der Waals surface area contributed by atoms with Crippen molar-refractivity contribution >= 4 is 5.95 Å². The number of hydrogen-bond donors (Lipinski definition) is 1. The number of anilines is 1. The summed E-state index contributed by atoms with van der Waals surface area (Å²) < 4.78 is 7.58. The van der Waals surface area contributed by atoms with E-state index in [1.54, 1.807) is 7.11 Å². The summed E-state index contributed by atoms with van der Waals surface area (Å²) in [6.07, 6.45) is 2.06. The summed E-state index contributed by atoms with van der Waals surface area (Å²) in [5.41, 5.74) is 0.852. The van der Waals surface area contributed by atoms with Crippen LogP contribution in [0, 0.1) is 12.8 Å². The number of hydrogen-bond acceptors (Lipinski definition) is 3. The number of rotatable bonds is 6. The summed E-state index contributed by atoms with van der Waals surface area (Å²) in [6, 6.07) is 0. The van der Waals surface area contributed by atoms with Gasteiger partial charge in [0.25, 0.3) is 0 Å². The lowest BCUT2D eigenvalue weighted by Gasteiger charge is -2.24. The van der Waals surface area contributed by atoms with Crippen LogP contribution in [-0.4, -0.2) is 28.8 Å². The van der Waals surface area contributed by atoms with Crippen LogP contribution in [0.2, 0.25) is 0 Å². The fraction of sp³-hybridized carbons (Fsp3) is 0.769. The lowest BCUT2D eigenvalue weighted by Crippen LogP contribution is -2.29. The Balaban J connectivity index is 2.77. The third-order valence-corrected chi connectivity index (χ3v) is 2.67. The SMILES string of the molecule is COC(C)(C)Cn1cc(C)nc1NCC(C)C. The highest BCUT2D eigenvalue weighted by molar-refractivity contribution is 5.29. The van der Waals surface area contributed by atoms with E-state index in [1.165, 1.54) is 0 Å². The molecule has 4 heteroatoms. The van der Waals surface area contributed by atoms with Gasteiger partial charge in [0, 0.05) is 19.9 Å². The zero-order valence-electron chi connectivity index (χ0n) is 11.9. The number of aryl methyl sites for hydroxylation is 1. The van der Waals surface area contributed by atoms with E-state index in [2.05, 4.69) is 48.8 Å². The first-order chi connectivity index (χ1) is 7.84. The second-order valence-electron chi connectivity index (χ2n) is 5.57. The minimum atomic E-state index is -0.179. The molecule has 1 aromatic heterocycles. The molecule has 0 fully saturated rings. The van der Waals surface area contributed by atoms with E-state index in [-0.39, 0.29) is 5.60 Å². The monoisotopic (exact) mass is 239 g/mol. The van der Waals surface area contributed by atoms with E-state index in [9.17, 15) is 0 Å². The van der Waals surface area contributed by atoms with Crippen LogP contribution in [0.5, 0.6) is 0 Å². The summed E-state index contributed by atoms with van der Waals surface area (Å²) >= 11 is 0. The highest BCUT2D eigenvalue weighted by Crippen LogP contribution is 2.16. The normalized spacial score (nSPS) is 12.2. The van der Waals surface area contributed by atoms with Gasteiger partial charge < -0.3 is 14.6 Å². The molecule has 0 aromatic carbocycles. The maximum Gasteiger partial charge on any atom is 0.203 e. The van der Waals surface area contributed by atoms with Crippen molar-refractivity contribution in [3.8, 4) is 0 Å². The summed E-state index contributed by atoms with van der Waals surface area (Å²) in [5, 5.41) is 3.38. The van der Waals surface area contributed by atoms with Gasteiger partial charge in [-0.15, -0.1) is 0 Å². The molecule has 0 aliphatic carbocycles. The summed E-state index contributed by atoms with van der Waals surface area (Å²) in [4.78, 5) is 4.50. The van der Waals surface area contributed by atoms with E-state index >= 15 is 0 Å². The number of nitrogens with one attached hydrogen (secondary N) is 1. The zero-order chi connectivity index (χ0) is 13.1. The van der Waals surface area contributed by atoms with Crippen molar-refractivity contribution in [2.45, 2.75) is 46.8 Å². The zero-order valence-corrected chi connectivity index (χ0v) is 11.9. The Labute approximate surface area is 104 Å². The van der Waals surface area contributed by atoms with Gasteiger partial charge in [-0.1, -0.05) is 13.8 Å². The molecule has 0 amide bonds. The standard InChI is InChI=1S/C13H25N3O/c1-10(2)7-14-12-15-11(3)8-16(12)9-13(4,5)17-6/h8,10H,7,9H2,1-6H3,(H,14,15). The highest BCUT2D eigenvalue weighted by Gasteiger charge is 2.19. The molecule has 0 unspecified atom stereocenters. The molecular weight excluding hydrogens is 214 g/mol. The van der Waals surface area contributed by atoms with Gasteiger partial charge in [-0.25, -0.2) is 4.98 Å². The Morgan fingerprint density at radius 2 is 2.12 bits per heavy atom. The number of ether oxygens (including phenoxy) is 1. The van der Waals surface area contributed by atoms with Crippen LogP contribution in [0.25, 0.3) is 0 Å². The smallest absolute Gasteiger partial charge is 0.203 e. The Bertz CT molecular complexity index is 356. The Hall–Kier alpha value is -1.03. The summed E-state index contributed by atoms with van der Waals surface area (Å²) in [6.45, 7) is 12.3. The van der Waals surface area contributed by atoms with E-state index in [1.807, 2.05) is 6.92 Å². The first-order valence-corrected chi connectivity index (χ1v) is 6.17. The summed E-state index contributed by atoms with van der Waals surface area (Å²) in [7, 11) is 1.74. The van der Waals surface area contributed by atoms with Crippen molar-refractivity contribution in [1.29, 1.82) is 0 Å². The van der Waals surface area contributed by atoms with Gasteiger partial charge >= 0.3 is 0 Å². The predicted octanol–water partition coefficient (Wildman–Crippen LogP) is 2.68. The molecule has 0 spiro atoms. The Kier molecular flexibility index (Phi) is 4.57. The van der Waals surface area contributed by atoms with Crippen LogP contribution in [-0.2, 0) is 11.3 Å². The lowest BCUT2D eigenvalue weighted by molar-refractivity contribution is 0.00856. The van der Waals surface area contributed by atoms with Crippen molar-refractivity contribution in [2.75, 3.05) is 19.0 Å². The molecule has 1 rings (SSSR count). The quantitative estimate of drug-likeness (QED) is 0.829. The fourth-order valence-corrected chi connectivity index (χ4v) is 1.58. The minimum Gasteiger partial charge on any atom is -0.377 e. The molecule has 0 saturated heterocycles. The van der Waals surface area contributed by atoms with Gasteiger partial charge in [-0.3, -0.25) is 0 Å². The number of aromatic nitrogens is 2. The molecule has 0 bridgehead atoms. The first kappa shape index (κ1) is 14.0. The van der Waals surface area contributed by atoms with Gasteiger partial charge in [0.05, 0.1) is 17.8 Å². The molecule has 0 aliphatic rings. The van der Waals surface area contributed by atoms with E-state index in [0.29, 0.717) is 5.92 Å². The third kappa shape index (κ3) is 4.38. The average molecular weight is 239 g/mol. The Morgan fingerprint density at radius 3 is 2.65 bits per heavy atom. The van der Waals surface area contributed by atoms with E-state index < -0.39 is 0 Å². The van der Waals surface area contributed by atoms with Crippen LogP contribution in [0.15, 0.2) is 6.20 Å². The van der Waals surface area contributed by atoms with Gasteiger partial charge in [0.2, 0.25) is 5.95 Å². The van der Waals surface area contributed by atoms with Crippen LogP contribution >= 0.6 is 0 Å². The highest BCUT2D eigenvalue weighted by atomic mass is 16.5. The van der Waals surface area contributed by atoms with Crippen LogP contribution in [0.3, 0.4) is 0 Å². The summed E-state index contributed by atoms with van der Waals surface area (Å²) in [5.74, 6) is 1.54. The van der Waals surface area contributed by atoms with Crippen LogP contribution in [0.1, 0.15) is 33.4 Å². The third-order valence-electron chi connectivity index (χ3n) is 2.67. The van der Waals surface area contributed by atoms with Crippen LogP contribution < -0.4 is 5.32 Å². The molecule has 4 nitrogen and oxygen atoms in total. The molecule has 0 aliphatic heterocycles. The molecule has 1 N–H and O–H groups in total. The maximum absolute atomic E-state index is 5.46. The predicted molar refractivity (Wildman–Crippen MR) is 71.4 cm³/mol. The molecule has 0 radical (unpaired) electrons. The average Bonchev–Trinajstić information content (AvgIpc) is 2.55. The minimum absolute atomic E-state index is 0.179. The molecule has 1 heterocycles. The van der Waals surface area contributed by atoms with Crippen molar-refractivity contribution in [1.82, 2.24) is 9.55 Å². The number of methoxy groups -OCH3 is 1. The van der Waals surface area contributed by atoms with Crippen LogP contribution in [0.4, 0.5) is 5.95 Å². The molecule has 0 atom stereocenters. The van der Waals surface area contributed by atoms with Gasteiger partial charge in [-0.2, -0.15) is 0 Å². The maximum atomic E-state index is 5.46. The fourth-order valence-electron chi connectivity index (χ4n) is 1.58. The lowest BCUT2D eigenvalue weighted by atomic mass is 10.1. The topological polar surface area (TPSA) is 39.1 Å². The van der Waals surface area contributed by atoms with Crippen molar-refractivity contribution < 1.29 is 4.74 Å². The first-order valence-electron chi connectivity index (χ1n) is 6.17. The second-order valence-corrected chi connectivity index (χ2v) is 5.57. The van der Waals surface area contributed by atoms with Crippen molar-refractivity contribution in [2.24, 2.45) is 5.92 Å². The van der Waals surface area contributed by atoms with Gasteiger partial charge in [0.15, 0.2) is 0 Å². The molecular formula is C13H25N3O. The molecule has 98 valence electrons. The largest absolute Gasteiger partial charge is 0.377 e. The number of imidazole rings is 1.